The summed E-state index contributed by atoms with van der Waals surface area (Å²) in [6, 6.07) is 12.1. The van der Waals surface area contributed by atoms with Crippen LogP contribution in [0.5, 0.6) is 0 Å². The molecule has 3 aromatic rings. The van der Waals surface area contributed by atoms with Crippen LogP contribution in [0.15, 0.2) is 67.5 Å². The molecule has 0 fully saturated rings. The summed E-state index contributed by atoms with van der Waals surface area (Å²) in [7, 11) is -2.94. The van der Waals surface area contributed by atoms with E-state index in [1.807, 2.05) is 0 Å². The van der Waals surface area contributed by atoms with Crippen LogP contribution in [0.4, 0.5) is 0 Å². The maximum atomic E-state index is 12.8. The minimum absolute atomic E-state index is 0.0640. The first kappa shape index (κ1) is 15.7. The Balaban J connectivity index is 2.46. The van der Waals surface area contributed by atoms with Gasteiger partial charge in [-0.3, -0.25) is 9.59 Å². The van der Waals surface area contributed by atoms with Crippen LogP contribution >= 0.6 is 15.9 Å². The summed E-state index contributed by atoms with van der Waals surface area (Å²) in [5.74, 6) is 0. The lowest BCUT2D eigenvalue weighted by molar-refractivity contribution is 0.546. The van der Waals surface area contributed by atoms with Gasteiger partial charge in [0, 0.05) is 11.5 Å². The lowest BCUT2D eigenvalue weighted by Crippen LogP contribution is -2.41. The Morgan fingerprint density at radius 3 is 2.13 bits per heavy atom. The van der Waals surface area contributed by atoms with E-state index >= 15 is 0 Å². The topological polar surface area (TPSA) is 78.1 Å². The van der Waals surface area contributed by atoms with Crippen molar-refractivity contribution in [3.8, 4) is 0 Å². The van der Waals surface area contributed by atoms with Crippen LogP contribution in [-0.4, -0.2) is 17.2 Å². The fraction of sp³-hybridized carbons (Fsp3) is 0.0667. The molecule has 8 heteroatoms. The molecule has 1 aromatic heterocycles. The molecule has 0 radical (unpaired) electrons. The molecule has 3 rings (SSSR count). The van der Waals surface area contributed by atoms with Crippen LogP contribution in [-0.2, 0) is 17.1 Å². The summed E-state index contributed by atoms with van der Waals surface area (Å²) in [4.78, 5) is 24.9. The maximum absolute atomic E-state index is 12.8. The van der Waals surface area contributed by atoms with Gasteiger partial charge in [-0.05, 0) is 30.3 Å². The minimum Gasteiger partial charge on any atom is -0.267 e. The quantitative estimate of drug-likeness (QED) is 0.662. The summed E-state index contributed by atoms with van der Waals surface area (Å²) in [5, 5.41) is 0.245. The Bertz CT molecular complexity index is 1150. The molecule has 0 amide bonds. The van der Waals surface area contributed by atoms with E-state index in [1.54, 1.807) is 24.3 Å². The molecule has 23 heavy (non-hydrogen) atoms. The predicted octanol–water partition coefficient (Wildman–Crippen LogP) is 1.70. The molecular formula is C15H11BrN2O4S. The van der Waals surface area contributed by atoms with Gasteiger partial charge in [0.15, 0.2) is 0 Å². The molecule has 0 saturated carbocycles. The second-order valence-electron chi connectivity index (χ2n) is 4.88. The number of rotatable bonds is 2. The highest BCUT2D eigenvalue weighted by Crippen LogP contribution is 2.18. The Morgan fingerprint density at radius 1 is 0.913 bits per heavy atom. The van der Waals surface area contributed by atoms with Crippen molar-refractivity contribution in [3.63, 3.8) is 0 Å². The van der Waals surface area contributed by atoms with Crippen LogP contribution in [0.1, 0.15) is 0 Å². The number of hydrogen-bond acceptors (Lipinski definition) is 4. The smallest absolute Gasteiger partial charge is 0.267 e. The zero-order valence-corrected chi connectivity index (χ0v) is 14.3. The van der Waals surface area contributed by atoms with E-state index in [-0.39, 0.29) is 15.7 Å². The number of nitrogens with zero attached hydrogens (tertiary/aromatic N) is 2. The fourth-order valence-electron chi connectivity index (χ4n) is 2.35. The summed E-state index contributed by atoms with van der Waals surface area (Å²) in [5.41, 5.74) is -1.32. The van der Waals surface area contributed by atoms with E-state index in [9.17, 15) is 18.0 Å². The molecule has 0 atom stereocenters. The van der Waals surface area contributed by atoms with Crippen molar-refractivity contribution in [2.45, 2.75) is 4.90 Å². The molecule has 0 saturated heterocycles. The zero-order chi connectivity index (χ0) is 16.8. The zero-order valence-electron chi connectivity index (χ0n) is 11.9. The molecule has 0 spiro atoms. The van der Waals surface area contributed by atoms with E-state index in [0.717, 1.165) is 4.68 Å². The van der Waals surface area contributed by atoms with Gasteiger partial charge in [0.2, 0.25) is 0 Å². The highest BCUT2D eigenvalue weighted by Gasteiger charge is 2.23. The van der Waals surface area contributed by atoms with Gasteiger partial charge < -0.3 is 0 Å². The largest absolute Gasteiger partial charge is 0.287 e. The Kier molecular flexibility index (Phi) is 3.73. The molecular weight excluding hydrogens is 384 g/mol. The highest BCUT2D eigenvalue weighted by atomic mass is 79.9. The van der Waals surface area contributed by atoms with Gasteiger partial charge in [-0.1, -0.05) is 34.1 Å². The monoisotopic (exact) mass is 394 g/mol. The van der Waals surface area contributed by atoms with Crippen molar-refractivity contribution >= 4 is 36.7 Å². The molecule has 0 aliphatic rings. The van der Waals surface area contributed by atoms with Crippen LogP contribution in [0, 0.1) is 0 Å². The van der Waals surface area contributed by atoms with Crippen molar-refractivity contribution in [2.75, 3.05) is 0 Å². The summed E-state index contributed by atoms with van der Waals surface area (Å²) in [6.45, 7) is 0. The van der Waals surface area contributed by atoms with Gasteiger partial charge in [0.1, 0.15) is 0 Å². The Morgan fingerprint density at radius 2 is 1.52 bits per heavy atom. The van der Waals surface area contributed by atoms with Crippen molar-refractivity contribution < 1.29 is 8.42 Å². The van der Waals surface area contributed by atoms with Gasteiger partial charge in [0.05, 0.1) is 15.7 Å². The van der Waals surface area contributed by atoms with E-state index < -0.39 is 21.1 Å². The minimum atomic E-state index is -4.20. The third-order valence-corrected chi connectivity index (χ3v) is 5.66. The Hall–Kier alpha value is -2.19. The van der Waals surface area contributed by atoms with Gasteiger partial charge in [-0.25, -0.2) is 4.68 Å². The van der Waals surface area contributed by atoms with Crippen molar-refractivity contribution in [3.05, 3.63) is 73.7 Å². The SMILES string of the molecule is Cn1c(=O)c2ccccc2c(=O)n1S(=O)(=O)c1cccc(Br)c1. The number of halogens is 1. The van der Waals surface area contributed by atoms with Crippen LogP contribution in [0.2, 0.25) is 0 Å². The van der Waals surface area contributed by atoms with Crippen LogP contribution in [0.3, 0.4) is 0 Å². The second-order valence-corrected chi connectivity index (χ2v) is 7.57. The third kappa shape index (κ3) is 2.43. The molecule has 1 heterocycles. The average molecular weight is 395 g/mol. The van der Waals surface area contributed by atoms with Crippen molar-refractivity contribution in [2.24, 2.45) is 7.05 Å². The van der Waals surface area contributed by atoms with Crippen molar-refractivity contribution in [1.29, 1.82) is 0 Å². The second kappa shape index (κ2) is 5.47. The summed E-state index contributed by atoms with van der Waals surface area (Å²) >= 11 is 3.20. The van der Waals surface area contributed by atoms with Crippen LogP contribution in [0.25, 0.3) is 10.8 Å². The van der Waals surface area contributed by atoms with Gasteiger partial charge >= 0.3 is 0 Å². The number of aromatic nitrogens is 2. The number of hydrogen-bond donors (Lipinski definition) is 0. The first-order valence-electron chi connectivity index (χ1n) is 6.56. The lowest BCUT2D eigenvalue weighted by atomic mass is 10.2. The third-order valence-electron chi connectivity index (χ3n) is 3.45. The highest BCUT2D eigenvalue weighted by molar-refractivity contribution is 9.10. The summed E-state index contributed by atoms with van der Waals surface area (Å²) in [6.07, 6.45) is 0. The molecule has 0 aliphatic carbocycles. The number of benzene rings is 2. The lowest BCUT2D eigenvalue weighted by Gasteiger charge is -2.13. The first-order chi connectivity index (χ1) is 10.8. The Labute approximate surface area is 139 Å². The van der Waals surface area contributed by atoms with E-state index in [2.05, 4.69) is 15.9 Å². The number of fused-ring (bicyclic) bond motifs is 1. The summed E-state index contributed by atoms with van der Waals surface area (Å²) < 4.78 is 27.5. The molecule has 0 N–H and O–H groups in total. The normalized spacial score (nSPS) is 11.7. The van der Waals surface area contributed by atoms with E-state index in [1.165, 1.54) is 31.3 Å². The molecule has 0 bridgehead atoms. The van der Waals surface area contributed by atoms with E-state index in [0.29, 0.717) is 8.56 Å². The first-order valence-corrected chi connectivity index (χ1v) is 8.79. The van der Waals surface area contributed by atoms with Gasteiger partial charge in [-0.15, -0.1) is 4.09 Å². The molecule has 0 unspecified atom stereocenters. The van der Waals surface area contributed by atoms with E-state index in [4.69, 9.17) is 0 Å². The average Bonchev–Trinajstić information content (AvgIpc) is 2.53. The van der Waals surface area contributed by atoms with Crippen LogP contribution < -0.4 is 11.1 Å². The predicted molar refractivity (Wildman–Crippen MR) is 90.2 cm³/mol. The van der Waals surface area contributed by atoms with Gasteiger partial charge in [0.25, 0.3) is 21.1 Å². The fourth-order valence-corrected chi connectivity index (χ4v) is 4.34. The maximum Gasteiger partial charge on any atom is 0.287 e. The molecule has 2 aromatic carbocycles. The van der Waals surface area contributed by atoms with Crippen molar-refractivity contribution in [1.82, 2.24) is 8.77 Å². The molecule has 118 valence electrons. The van der Waals surface area contributed by atoms with Gasteiger partial charge in [-0.2, -0.15) is 8.42 Å². The molecule has 0 aliphatic heterocycles. The standard InChI is InChI=1S/C15H11BrN2O4S/c1-17-14(19)12-7-2-3-8-13(12)15(20)18(17)23(21,22)11-6-4-5-10(16)9-11/h2-9H,1H3. The molecule has 6 nitrogen and oxygen atoms in total.